The molecule has 184 valence electrons. The van der Waals surface area contributed by atoms with Crippen molar-refractivity contribution in [3.8, 4) is 17.1 Å². The average Bonchev–Trinajstić information content (AvgIpc) is 2.86. The van der Waals surface area contributed by atoms with Crippen LogP contribution in [0, 0.1) is 10.1 Å². The van der Waals surface area contributed by atoms with Gasteiger partial charge in [-0.2, -0.15) is 4.98 Å². The summed E-state index contributed by atoms with van der Waals surface area (Å²) in [6.45, 7) is 1.32. The molecular weight excluding hydrogens is 452 g/mol. The minimum absolute atomic E-state index is 0.0814. The predicted octanol–water partition coefficient (Wildman–Crippen LogP) is 2.56. The lowest BCUT2D eigenvalue weighted by molar-refractivity contribution is -0.384. The van der Waals surface area contributed by atoms with Crippen LogP contribution in [0.2, 0.25) is 0 Å². The van der Waals surface area contributed by atoms with Crippen LogP contribution in [0.4, 0.5) is 23.0 Å². The van der Waals surface area contributed by atoms with Crippen molar-refractivity contribution in [2.75, 3.05) is 58.6 Å². The second-order valence-corrected chi connectivity index (χ2v) is 7.94. The third kappa shape index (κ3) is 6.18. The number of nitrogens with zero attached hydrogens (tertiary/aromatic N) is 6. The van der Waals surface area contributed by atoms with Gasteiger partial charge >= 0.3 is 0 Å². The molecule has 0 bridgehead atoms. The fraction of sp³-hybridized carbons (Fsp3) is 0.304. The number of nitro benzene ring substituents is 1. The van der Waals surface area contributed by atoms with Crippen molar-refractivity contribution >= 4 is 28.9 Å². The highest BCUT2D eigenvalue weighted by molar-refractivity contribution is 5.95. The Bertz CT molecular complexity index is 1220. The summed E-state index contributed by atoms with van der Waals surface area (Å²) in [6.07, 6.45) is 1.32. The molecule has 0 unspecified atom stereocenters. The van der Waals surface area contributed by atoms with Crippen molar-refractivity contribution in [1.29, 1.82) is 0 Å². The molecule has 0 saturated heterocycles. The Morgan fingerprint density at radius 1 is 1.14 bits per heavy atom. The Morgan fingerprint density at radius 2 is 1.91 bits per heavy atom. The number of amides is 1. The van der Waals surface area contributed by atoms with Crippen molar-refractivity contribution in [2.24, 2.45) is 0 Å². The normalized spacial score (nSPS) is 10.7. The van der Waals surface area contributed by atoms with E-state index in [1.165, 1.54) is 19.5 Å². The van der Waals surface area contributed by atoms with Crippen LogP contribution >= 0.6 is 0 Å². The Morgan fingerprint density at radius 3 is 2.57 bits per heavy atom. The number of carbonyl (C=O) groups is 1. The summed E-state index contributed by atoms with van der Waals surface area (Å²) >= 11 is 0. The highest BCUT2D eigenvalue weighted by atomic mass is 16.6. The smallest absolute Gasteiger partial charge is 0.294 e. The number of rotatable bonds is 10. The maximum absolute atomic E-state index is 12.0. The minimum Gasteiger partial charge on any atom is -0.494 e. The van der Waals surface area contributed by atoms with E-state index < -0.39 is 4.92 Å². The molecule has 0 spiro atoms. The minimum atomic E-state index is -0.435. The zero-order chi connectivity index (χ0) is 25.5. The lowest BCUT2D eigenvalue weighted by atomic mass is 10.1. The van der Waals surface area contributed by atoms with E-state index in [0.29, 0.717) is 40.6 Å². The summed E-state index contributed by atoms with van der Waals surface area (Å²) in [7, 11) is 8.71. The van der Waals surface area contributed by atoms with Gasteiger partial charge in [0.05, 0.1) is 17.7 Å². The molecule has 0 aliphatic heterocycles. The fourth-order valence-corrected chi connectivity index (χ4v) is 3.31. The third-order valence-electron chi connectivity index (χ3n) is 5.22. The first kappa shape index (κ1) is 25.3. The molecule has 0 fully saturated rings. The van der Waals surface area contributed by atoms with Crippen molar-refractivity contribution in [2.45, 2.75) is 0 Å². The van der Waals surface area contributed by atoms with E-state index in [0.717, 1.165) is 6.54 Å². The van der Waals surface area contributed by atoms with Gasteiger partial charge in [0.1, 0.15) is 17.8 Å². The van der Waals surface area contributed by atoms with E-state index in [-0.39, 0.29) is 17.5 Å². The van der Waals surface area contributed by atoms with Gasteiger partial charge in [-0.3, -0.25) is 14.9 Å². The van der Waals surface area contributed by atoms with Gasteiger partial charge in [-0.25, -0.2) is 9.97 Å². The molecule has 2 N–H and O–H groups in total. The number of methoxy groups -OCH3 is 1. The SMILES string of the molecule is CNC(=O)c1cccc(-c2ncnc(Nc3cc([N+](=O)[O-])c(N(C)CCN(C)C)cc3OC)n2)c1. The highest BCUT2D eigenvalue weighted by Gasteiger charge is 2.22. The van der Waals surface area contributed by atoms with E-state index in [1.807, 2.05) is 23.9 Å². The van der Waals surface area contributed by atoms with Gasteiger partial charge in [0, 0.05) is 50.4 Å². The number of carbonyl (C=O) groups excluding carboxylic acids is 1. The van der Waals surface area contributed by atoms with Crippen LogP contribution in [0.3, 0.4) is 0 Å². The van der Waals surface area contributed by atoms with Gasteiger partial charge in [-0.05, 0) is 26.2 Å². The van der Waals surface area contributed by atoms with E-state index in [9.17, 15) is 14.9 Å². The Labute approximate surface area is 203 Å². The molecule has 12 nitrogen and oxygen atoms in total. The van der Waals surface area contributed by atoms with Crippen LogP contribution < -0.4 is 20.3 Å². The van der Waals surface area contributed by atoms with Gasteiger partial charge in [0.25, 0.3) is 11.6 Å². The topological polar surface area (TPSA) is 139 Å². The summed E-state index contributed by atoms with van der Waals surface area (Å²) in [4.78, 5) is 39.9. The van der Waals surface area contributed by atoms with Crippen LogP contribution in [0.5, 0.6) is 5.75 Å². The van der Waals surface area contributed by atoms with Crippen LogP contribution in [-0.2, 0) is 0 Å². The lowest BCUT2D eigenvalue weighted by Gasteiger charge is -2.22. The molecule has 0 saturated carbocycles. The standard InChI is InChI=1S/C23H28N8O4/c1-24-22(32)16-8-6-7-15(11-16)21-25-14-26-23(28-21)27-17-12-19(31(33)34)18(13-20(17)35-5)30(4)10-9-29(2)3/h6-8,11-14H,9-10H2,1-5H3,(H,24,32)(H,25,26,27,28). The van der Waals surface area contributed by atoms with Gasteiger partial charge in [-0.1, -0.05) is 12.1 Å². The van der Waals surface area contributed by atoms with Crippen LogP contribution in [0.1, 0.15) is 10.4 Å². The van der Waals surface area contributed by atoms with Crippen molar-refractivity contribution in [3.05, 3.63) is 58.4 Å². The number of ether oxygens (including phenoxy) is 1. The molecule has 3 aromatic rings. The summed E-state index contributed by atoms with van der Waals surface area (Å²) in [5.41, 5.74) is 1.77. The Hall–Kier alpha value is -4.32. The largest absolute Gasteiger partial charge is 0.494 e. The van der Waals surface area contributed by atoms with E-state index in [2.05, 4.69) is 25.6 Å². The summed E-state index contributed by atoms with van der Waals surface area (Å²) in [5.74, 6) is 0.668. The number of nitro groups is 1. The first-order valence-corrected chi connectivity index (χ1v) is 10.7. The van der Waals surface area contributed by atoms with Gasteiger partial charge in [-0.15, -0.1) is 0 Å². The molecule has 3 rings (SSSR count). The number of likely N-dealkylation sites (N-methyl/N-ethyl adjacent to an activating group) is 2. The average molecular weight is 481 g/mol. The van der Waals surface area contributed by atoms with E-state index in [1.54, 1.807) is 44.4 Å². The van der Waals surface area contributed by atoms with Gasteiger partial charge < -0.3 is 25.2 Å². The predicted molar refractivity (Wildman–Crippen MR) is 133 cm³/mol. The molecule has 0 atom stereocenters. The number of benzene rings is 2. The van der Waals surface area contributed by atoms with Crippen LogP contribution in [0.25, 0.3) is 11.4 Å². The zero-order valence-corrected chi connectivity index (χ0v) is 20.3. The molecular formula is C23H28N8O4. The molecule has 12 heteroatoms. The Balaban J connectivity index is 1.95. The molecule has 1 amide bonds. The molecule has 1 aromatic heterocycles. The summed E-state index contributed by atoms with van der Waals surface area (Å²) in [6, 6.07) is 9.87. The van der Waals surface area contributed by atoms with Crippen molar-refractivity contribution in [1.82, 2.24) is 25.2 Å². The van der Waals surface area contributed by atoms with Crippen molar-refractivity contribution in [3.63, 3.8) is 0 Å². The maximum atomic E-state index is 12.0. The quantitative estimate of drug-likeness (QED) is 0.329. The van der Waals surface area contributed by atoms with Crippen LogP contribution in [-0.4, -0.2) is 79.1 Å². The summed E-state index contributed by atoms with van der Waals surface area (Å²) < 4.78 is 5.50. The number of nitrogens with one attached hydrogen (secondary N) is 2. The first-order chi connectivity index (χ1) is 16.7. The number of hydrogen-bond acceptors (Lipinski definition) is 10. The maximum Gasteiger partial charge on any atom is 0.294 e. The second kappa shape index (κ2) is 11.2. The monoisotopic (exact) mass is 480 g/mol. The van der Waals surface area contributed by atoms with Crippen LogP contribution in [0.15, 0.2) is 42.7 Å². The summed E-state index contributed by atoms with van der Waals surface area (Å²) in [5, 5.41) is 17.4. The lowest BCUT2D eigenvalue weighted by Crippen LogP contribution is -2.28. The van der Waals surface area contributed by atoms with Crippen molar-refractivity contribution < 1.29 is 14.5 Å². The van der Waals surface area contributed by atoms with Gasteiger partial charge in [0.15, 0.2) is 5.82 Å². The first-order valence-electron chi connectivity index (χ1n) is 10.7. The zero-order valence-electron chi connectivity index (χ0n) is 20.3. The molecule has 0 radical (unpaired) electrons. The number of anilines is 3. The fourth-order valence-electron chi connectivity index (χ4n) is 3.31. The van der Waals surface area contributed by atoms with E-state index >= 15 is 0 Å². The molecule has 1 heterocycles. The molecule has 35 heavy (non-hydrogen) atoms. The Kier molecular flexibility index (Phi) is 8.10. The van der Waals surface area contributed by atoms with E-state index in [4.69, 9.17) is 4.74 Å². The number of hydrogen-bond donors (Lipinski definition) is 2. The molecule has 0 aliphatic rings. The molecule has 2 aromatic carbocycles. The molecule has 0 aliphatic carbocycles. The number of aromatic nitrogens is 3. The van der Waals surface area contributed by atoms with Gasteiger partial charge in [0.2, 0.25) is 5.95 Å². The highest BCUT2D eigenvalue weighted by Crippen LogP contribution is 2.38. The third-order valence-corrected chi connectivity index (χ3v) is 5.22. The second-order valence-electron chi connectivity index (χ2n) is 7.94.